The van der Waals surface area contributed by atoms with Gasteiger partial charge in [-0.05, 0) is 37.1 Å². The Morgan fingerprint density at radius 3 is 2.62 bits per heavy atom. The van der Waals surface area contributed by atoms with Gasteiger partial charge in [0, 0.05) is 19.3 Å². The van der Waals surface area contributed by atoms with Crippen LogP contribution in [0.25, 0.3) is 11.0 Å². The Morgan fingerprint density at radius 2 is 1.92 bits per heavy atom. The Hall–Kier alpha value is -2.56. The second-order valence-electron chi connectivity index (χ2n) is 5.93. The largest absolute Gasteiger partial charge is 0.497 e. The minimum Gasteiger partial charge on any atom is -0.497 e. The maximum Gasteiger partial charge on any atom is 0.154 e. The molecule has 24 heavy (non-hydrogen) atoms. The minimum absolute atomic E-state index is 0.780. The van der Waals surface area contributed by atoms with Gasteiger partial charge in [-0.15, -0.1) is 0 Å². The van der Waals surface area contributed by atoms with Crippen LogP contribution >= 0.6 is 0 Å². The number of benzene rings is 1. The highest BCUT2D eigenvalue weighted by Gasteiger charge is 2.11. The van der Waals surface area contributed by atoms with Crippen LogP contribution < -0.4 is 10.1 Å². The van der Waals surface area contributed by atoms with Crippen molar-refractivity contribution in [2.45, 2.75) is 33.2 Å². The molecule has 3 aromatic rings. The molecule has 0 fully saturated rings. The summed E-state index contributed by atoms with van der Waals surface area (Å²) in [5, 5.41) is 3.47. The molecule has 0 radical (unpaired) electrons. The molecule has 0 unspecified atom stereocenters. The van der Waals surface area contributed by atoms with E-state index in [1.165, 1.54) is 5.56 Å². The van der Waals surface area contributed by atoms with Gasteiger partial charge in [0.15, 0.2) is 5.82 Å². The van der Waals surface area contributed by atoms with E-state index < -0.39 is 0 Å². The van der Waals surface area contributed by atoms with Gasteiger partial charge in [0.05, 0.1) is 12.6 Å². The average Bonchev–Trinajstić information content (AvgIpc) is 2.98. The molecule has 0 aliphatic rings. The molecule has 0 aliphatic carbocycles. The van der Waals surface area contributed by atoms with Crippen molar-refractivity contribution >= 4 is 16.9 Å². The normalized spacial score (nSPS) is 11.0. The molecule has 0 bridgehead atoms. The molecule has 0 spiro atoms. The van der Waals surface area contributed by atoms with E-state index in [1.807, 2.05) is 19.1 Å². The summed E-state index contributed by atoms with van der Waals surface area (Å²) in [5.74, 6) is 2.59. The summed E-state index contributed by atoms with van der Waals surface area (Å²) in [6, 6.07) is 10.2. The summed E-state index contributed by atoms with van der Waals surface area (Å²) >= 11 is 0. The number of hydrogen-bond acceptors (Lipinski definition) is 4. The predicted molar refractivity (Wildman–Crippen MR) is 97.8 cm³/mol. The maximum absolute atomic E-state index is 5.23. The highest BCUT2D eigenvalue weighted by atomic mass is 16.5. The summed E-state index contributed by atoms with van der Waals surface area (Å²) in [7, 11) is 1.68. The number of nitrogens with zero attached hydrogens (tertiary/aromatic N) is 3. The number of hydrogen-bond donors (Lipinski definition) is 1. The van der Waals surface area contributed by atoms with Gasteiger partial charge in [0.2, 0.25) is 0 Å². The highest BCUT2D eigenvalue weighted by Crippen LogP contribution is 2.23. The molecule has 0 saturated carbocycles. The van der Waals surface area contributed by atoms with E-state index in [2.05, 4.69) is 51.2 Å². The van der Waals surface area contributed by atoms with E-state index in [0.29, 0.717) is 0 Å². The number of aryl methyl sites for hydroxylation is 1. The van der Waals surface area contributed by atoms with Crippen LogP contribution in [0.2, 0.25) is 0 Å². The molecule has 2 heterocycles. The first-order valence-electron chi connectivity index (χ1n) is 8.41. The van der Waals surface area contributed by atoms with Gasteiger partial charge in [-0.25, -0.2) is 9.97 Å². The molecule has 1 aromatic carbocycles. The van der Waals surface area contributed by atoms with Crippen molar-refractivity contribution in [1.29, 1.82) is 0 Å². The molecular formula is C19H24N4O. The molecule has 0 atom stereocenters. The lowest BCUT2D eigenvalue weighted by molar-refractivity contribution is 0.414. The molecular weight excluding hydrogens is 300 g/mol. The monoisotopic (exact) mass is 324 g/mol. The number of unbranched alkanes of at least 4 members (excludes halogenated alkanes) is 1. The van der Waals surface area contributed by atoms with Crippen molar-refractivity contribution in [1.82, 2.24) is 14.5 Å². The van der Waals surface area contributed by atoms with Crippen molar-refractivity contribution in [3.63, 3.8) is 0 Å². The second-order valence-corrected chi connectivity index (χ2v) is 5.93. The van der Waals surface area contributed by atoms with Crippen molar-refractivity contribution in [2.75, 3.05) is 19.0 Å². The first kappa shape index (κ1) is 16.3. The van der Waals surface area contributed by atoms with Crippen LogP contribution in [0.4, 0.5) is 5.82 Å². The van der Waals surface area contributed by atoms with E-state index in [-0.39, 0.29) is 0 Å². The summed E-state index contributed by atoms with van der Waals surface area (Å²) in [6.45, 7) is 5.83. The van der Waals surface area contributed by atoms with Crippen molar-refractivity contribution in [3.8, 4) is 5.75 Å². The summed E-state index contributed by atoms with van der Waals surface area (Å²) in [6.07, 6.45) is 4.37. The SMILES string of the molecule is CCCCNc1nc(C)nc2ccn(Cc3ccc(OC)cc3)c12. The van der Waals surface area contributed by atoms with E-state index in [0.717, 1.165) is 54.4 Å². The van der Waals surface area contributed by atoms with Crippen LogP contribution in [0.5, 0.6) is 5.75 Å². The second kappa shape index (κ2) is 7.34. The first-order valence-corrected chi connectivity index (χ1v) is 8.41. The number of ether oxygens (including phenoxy) is 1. The van der Waals surface area contributed by atoms with Crippen molar-refractivity contribution in [3.05, 3.63) is 47.9 Å². The Morgan fingerprint density at radius 1 is 1.12 bits per heavy atom. The third-order valence-corrected chi connectivity index (χ3v) is 4.06. The smallest absolute Gasteiger partial charge is 0.154 e. The summed E-state index contributed by atoms with van der Waals surface area (Å²) < 4.78 is 7.42. The molecule has 3 rings (SSSR count). The molecule has 0 saturated heterocycles. The fourth-order valence-corrected chi connectivity index (χ4v) is 2.79. The number of methoxy groups -OCH3 is 1. The third kappa shape index (κ3) is 3.50. The molecule has 5 heteroatoms. The lowest BCUT2D eigenvalue weighted by Gasteiger charge is -2.12. The Labute approximate surface area is 142 Å². The molecule has 0 amide bonds. The lowest BCUT2D eigenvalue weighted by atomic mass is 10.2. The predicted octanol–water partition coefficient (Wildman–Crippen LogP) is 4.01. The fourth-order valence-electron chi connectivity index (χ4n) is 2.79. The van der Waals surface area contributed by atoms with Crippen molar-refractivity contribution < 1.29 is 4.74 Å². The Kier molecular flexibility index (Phi) is 4.99. The van der Waals surface area contributed by atoms with Gasteiger partial charge in [-0.1, -0.05) is 25.5 Å². The van der Waals surface area contributed by atoms with Crippen LogP contribution in [0, 0.1) is 6.92 Å². The third-order valence-electron chi connectivity index (χ3n) is 4.06. The van der Waals surface area contributed by atoms with Crippen LogP contribution in [-0.4, -0.2) is 28.2 Å². The molecule has 1 N–H and O–H groups in total. The average molecular weight is 324 g/mol. The van der Waals surface area contributed by atoms with Gasteiger partial charge < -0.3 is 14.6 Å². The van der Waals surface area contributed by atoms with Crippen LogP contribution in [0.15, 0.2) is 36.5 Å². The van der Waals surface area contributed by atoms with E-state index in [1.54, 1.807) is 7.11 Å². The number of rotatable bonds is 7. The number of fused-ring (bicyclic) bond motifs is 1. The zero-order valence-corrected chi connectivity index (χ0v) is 14.5. The molecule has 126 valence electrons. The zero-order valence-electron chi connectivity index (χ0n) is 14.5. The minimum atomic E-state index is 0.780. The number of nitrogens with one attached hydrogen (secondary N) is 1. The van der Waals surface area contributed by atoms with Gasteiger partial charge in [-0.2, -0.15) is 0 Å². The maximum atomic E-state index is 5.23. The van der Waals surface area contributed by atoms with Gasteiger partial charge in [-0.3, -0.25) is 0 Å². The topological polar surface area (TPSA) is 52.0 Å². The quantitative estimate of drug-likeness (QED) is 0.667. The van der Waals surface area contributed by atoms with Crippen LogP contribution in [0.3, 0.4) is 0 Å². The van der Waals surface area contributed by atoms with Gasteiger partial charge >= 0.3 is 0 Å². The number of aromatic nitrogens is 3. The lowest BCUT2D eigenvalue weighted by Crippen LogP contribution is -2.08. The van der Waals surface area contributed by atoms with Crippen LogP contribution in [0.1, 0.15) is 31.2 Å². The van der Waals surface area contributed by atoms with Gasteiger partial charge in [0.25, 0.3) is 0 Å². The van der Waals surface area contributed by atoms with Crippen LogP contribution in [-0.2, 0) is 6.54 Å². The van der Waals surface area contributed by atoms with Gasteiger partial charge in [0.1, 0.15) is 17.1 Å². The van der Waals surface area contributed by atoms with E-state index in [9.17, 15) is 0 Å². The summed E-state index contributed by atoms with van der Waals surface area (Å²) in [4.78, 5) is 9.17. The molecule has 2 aromatic heterocycles. The Balaban J connectivity index is 1.92. The highest BCUT2D eigenvalue weighted by molar-refractivity contribution is 5.86. The van der Waals surface area contributed by atoms with E-state index >= 15 is 0 Å². The summed E-state index contributed by atoms with van der Waals surface area (Å²) in [5.41, 5.74) is 3.26. The first-order chi connectivity index (χ1) is 11.7. The molecule has 5 nitrogen and oxygen atoms in total. The van der Waals surface area contributed by atoms with Crippen molar-refractivity contribution in [2.24, 2.45) is 0 Å². The van der Waals surface area contributed by atoms with E-state index in [4.69, 9.17) is 4.74 Å². The standard InChI is InChI=1S/C19H24N4O/c1-4-5-11-20-19-18-17(21-14(2)22-19)10-12-23(18)13-15-6-8-16(24-3)9-7-15/h6-10,12H,4-5,11,13H2,1-3H3,(H,20,21,22). The fraction of sp³-hybridized carbons (Fsp3) is 0.368. The Bertz CT molecular complexity index is 808. The zero-order chi connectivity index (χ0) is 16.9. The number of anilines is 1. The molecule has 0 aliphatic heterocycles.